The summed E-state index contributed by atoms with van der Waals surface area (Å²) in [6.07, 6.45) is -4.55. The first-order valence-corrected chi connectivity index (χ1v) is 11.6. The van der Waals surface area contributed by atoms with Crippen LogP contribution >= 0.6 is 11.8 Å². The standard InChI is InChI=1S/C24H21F3N2O4S/c1-13-21(34-23(31)28-13)17-8-9-32-19-10-14(6-7-16(17)19)33-20-11-29(12-24(25,26)27)22(30)18-5-3-2-4-15(18)20/h2-7,10,17,20-21H,1,8-9,11-12H2,(H,28,31)/t17-,20?,21?/m1/s1. The maximum absolute atomic E-state index is 13.1. The van der Waals surface area contributed by atoms with Crippen molar-refractivity contribution in [2.75, 3.05) is 19.7 Å². The number of halogens is 3. The van der Waals surface area contributed by atoms with E-state index in [1.165, 1.54) is 17.8 Å². The Hall–Kier alpha value is -3.14. The van der Waals surface area contributed by atoms with Crippen molar-refractivity contribution >= 4 is 22.9 Å². The molecule has 0 aliphatic carbocycles. The lowest BCUT2D eigenvalue weighted by Crippen LogP contribution is -2.46. The second kappa shape index (κ2) is 8.57. The van der Waals surface area contributed by atoms with E-state index >= 15 is 0 Å². The van der Waals surface area contributed by atoms with Crippen molar-refractivity contribution in [3.63, 3.8) is 0 Å². The summed E-state index contributed by atoms with van der Waals surface area (Å²) in [5.41, 5.74) is 2.34. The van der Waals surface area contributed by atoms with Gasteiger partial charge in [0.15, 0.2) is 0 Å². The number of nitrogens with zero attached hydrogens (tertiary/aromatic N) is 1. The summed E-state index contributed by atoms with van der Waals surface area (Å²) in [5, 5.41) is 2.51. The van der Waals surface area contributed by atoms with Crippen molar-refractivity contribution < 1.29 is 32.2 Å². The van der Waals surface area contributed by atoms with Crippen molar-refractivity contribution in [2.45, 2.75) is 29.9 Å². The van der Waals surface area contributed by atoms with Crippen LogP contribution in [0.5, 0.6) is 11.5 Å². The molecule has 34 heavy (non-hydrogen) atoms. The monoisotopic (exact) mass is 490 g/mol. The van der Waals surface area contributed by atoms with Gasteiger partial charge in [-0.05, 0) is 24.1 Å². The minimum absolute atomic E-state index is 0.0320. The van der Waals surface area contributed by atoms with Crippen LogP contribution in [0.2, 0.25) is 0 Å². The molecule has 0 bridgehead atoms. The van der Waals surface area contributed by atoms with Crippen molar-refractivity contribution in [1.82, 2.24) is 10.2 Å². The summed E-state index contributed by atoms with van der Waals surface area (Å²) in [6.45, 7) is 2.85. The summed E-state index contributed by atoms with van der Waals surface area (Å²) in [4.78, 5) is 25.1. The quantitative estimate of drug-likeness (QED) is 0.651. The number of alkyl halides is 3. The number of carbonyl (C=O) groups excluding carboxylic acids is 2. The largest absolute Gasteiger partial charge is 0.493 e. The normalized spacial score (nSPS) is 24.3. The molecule has 1 N–H and O–H groups in total. The van der Waals surface area contributed by atoms with Crippen LogP contribution in [0.15, 0.2) is 54.7 Å². The Bertz CT molecular complexity index is 1170. The number of carbonyl (C=O) groups is 2. The van der Waals surface area contributed by atoms with Gasteiger partial charge >= 0.3 is 6.18 Å². The number of thioether (sulfide) groups is 1. The highest BCUT2D eigenvalue weighted by Crippen LogP contribution is 2.45. The van der Waals surface area contributed by atoms with Crippen LogP contribution in [0, 0.1) is 0 Å². The molecule has 6 nitrogen and oxygen atoms in total. The van der Waals surface area contributed by atoms with Gasteiger partial charge in [0.05, 0.1) is 18.4 Å². The molecule has 2 amide bonds. The van der Waals surface area contributed by atoms with Gasteiger partial charge in [-0.25, -0.2) is 0 Å². The molecule has 10 heteroatoms. The summed E-state index contributed by atoms with van der Waals surface area (Å²) in [5.74, 6) is 0.396. The van der Waals surface area contributed by atoms with Gasteiger partial charge in [0.2, 0.25) is 0 Å². The van der Waals surface area contributed by atoms with Crippen LogP contribution in [0.3, 0.4) is 0 Å². The number of hydrogen-bond acceptors (Lipinski definition) is 5. The molecule has 2 aromatic rings. The number of fused-ring (bicyclic) bond motifs is 2. The van der Waals surface area contributed by atoms with Gasteiger partial charge in [0.1, 0.15) is 24.1 Å². The lowest BCUT2D eigenvalue weighted by atomic mass is 9.88. The maximum atomic E-state index is 13.1. The molecule has 0 aromatic heterocycles. The van der Waals surface area contributed by atoms with Gasteiger partial charge in [0, 0.05) is 28.8 Å². The van der Waals surface area contributed by atoms with E-state index in [0.29, 0.717) is 29.4 Å². The fourth-order valence-corrected chi connectivity index (χ4v) is 5.74. The van der Waals surface area contributed by atoms with E-state index < -0.39 is 24.7 Å². The molecule has 0 saturated carbocycles. The van der Waals surface area contributed by atoms with E-state index in [0.717, 1.165) is 16.9 Å². The molecular formula is C24H21F3N2O4S. The lowest BCUT2D eigenvalue weighted by Gasteiger charge is -2.35. The molecule has 0 radical (unpaired) electrons. The third kappa shape index (κ3) is 4.34. The summed E-state index contributed by atoms with van der Waals surface area (Å²) in [7, 11) is 0. The van der Waals surface area contributed by atoms with E-state index in [4.69, 9.17) is 9.47 Å². The fourth-order valence-electron chi connectivity index (χ4n) is 4.67. The first-order valence-electron chi connectivity index (χ1n) is 10.7. The van der Waals surface area contributed by atoms with Crippen LogP contribution < -0.4 is 14.8 Å². The Morgan fingerprint density at radius 1 is 1.18 bits per heavy atom. The van der Waals surface area contributed by atoms with Gasteiger partial charge < -0.3 is 19.7 Å². The predicted molar refractivity (Wildman–Crippen MR) is 120 cm³/mol. The zero-order valence-electron chi connectivity index (χ0n) is 17.9. The lowest BCUT2D eigenvalue weighted by molar-refractivity contribution is -0.143. The van der Waals surface area contributed by atoms with Crippen LogP contribution in [0.4, 0.5) is 18.0 Å². The van der Waals surface area contributed by atoms with E-state index in [2.05, 4.69) is 11.9 Å². The first-order chi connectivity index (χ1) is 16.2. The molecular weight excluding hydrogens is 469 g/mol. The number of ether oxygens (including phenoxy) is 2. The molecule has 178 valence electrons. The second-order valence-corrected chi connectivity index (χ2v) is 9.53. The average molecular weight is 491 g/mol. The maximum Gasteiger partial charge on any atom is 0.406 e. The Morgan fingerprint density at radius 2 is 1.97 bits per heavy atom. The summed E-state index contributed by atoms with van der Waals surface area (Å²) >= 11 is 1.21. The van der Waals surface area contributed by atoms with Gasteiger partial charge in [-0.15, -0.1) is 0 Å². The van der Waals surface area contributed by atoms with Crippen LogP contribution in [0.25, 0.3) is 0 Å². The molecule has 3 atom stereocenters. The van der Waals surface area contributed by atoms with Crippen molar-refractivity contribution in [2.24, 2.45) is 0 Å². The van der Waals surface area contributed by atoms with E-state index in [9.17, 15) is 22.8 Å². The summed E-state index contributed by atoms with van der Waals surface area (Å²) < 4.78 is 51.1. The van der Waals surface area contributed by atoms with Crippen molar-refractivity contribution in [1.29, 1.82) is 0 Å². The third-order valence-electron chi connectivity index (χ3n) is 6.14. The first kappa shape index (κ1) is 22.6. The van der Waals surface area contributed by atoms with Crippen LogP contribution in [-0.4, -0.2) is 47.2 Å². The van der Waals surface area contributed by atoms with E-state index in [1.54, 1.807) is 30.3 Å². The van der Waals surface area contributed by atoms with Crippen molar-refractivity contribution in [3.05, 3.63) is 71.4 Å². The molecule has 3 heterocycles. The molecule has 0 spiro atoms. The number of benzene rings is 2. The second-order valence-electron chi connectivity index (χ2n) is 8.41. The smallest absolute Gasteiger partial charge is 0.406 e. The van der Waals surface area contributed by atoms with Gasteiger partial charge in [0.25, 0.3) is 11.1 Å². The minimum atomic E-state index is -4.51. The molecule has 2 unspecified atom stereocenters. The Kier molecular flexibility index (Phi) is 5.71. The fraction of sp³-hybridized carbons (Fsp3) is 0.333. The van der Waals surface area contributed by atoms with Crippen molar-refractivity contribution in [3.8, 4) is 11.5 Å². The third-order valence-corrected chi connectivity index (χ3v) is 7.32. The Balaban J connectivity index is 1.41. The Morgan fingerprint density at radius 3 is 2.71 bits per heavy atom. The SMILES string of the molecule is C=C1NC(=O)SC1[C@@H]1CCOc2cc(OC3CN(CC(F)(F)F)C(=O)c4ccccc43)ccc21. The van der Waals surface area contributed by atoms with E-state index in [-0.39, 0.29) is 28.5 Å². The molecule has 1 saturated heterocycles. The summed E-state index contributed by atoms with van der Waals surface area (Å²) in [6, 6.07) is 11.9. The van der Waals surface area contributed by atoms with Crippen LogP contribution in [0.1, 0.15) is 39.9 Å². The zero-order valence-corrected chi connectivity index (χ0v) is 18.7. The topological polar surface area (TPSA) is 67.9 Å². The molecule has 3 aliphatic heterocycles. The zero-order chi connectivity index (χ0) is 24.0. The average Bonchev–Trinajstić information content (AvgIpc) is 3.13. The molecule has 3 aliphatic rings. The highest BCUT2D eigenvalue weighted by atomic mass is 32.2. The Labute approximate surface area is 198 Å². The minimum Gasteiger partial charge on any atom is -0.493 e. The highest BCUT2D eigenvalue weighted by molar-refractivity contribution is 8.14. The van der Waals surface area contributed by atoms with Crippen LogP contribution in [-0.2, 0) is 0 Å². The predicted octanol–water partition coefficient (Wildman–Crippen LogP) is 5.03. The highest BCUT2D eigenvalue weighted by Gasteiger charge is 2.40. The number of amides is 2. The van der Waals surface area contributed by atoms with Gasteiger partial charge in [-0.2, -0.15) is 13.2 Å². The molecule has 2 aromatic carbocycles. The van der Waals surface area contributed by atoms with Gasteiger partial charge in [-0.1, -0.05) is 42.6 Å². The number of hydrogen-bond donors (Lipinski definition) is 1. The molecule has 1 fully saturated rings. The van der Waals surface area contributed by atoms with E-state index in [1.807, 2.05) is 6.07 Å². The molecule has 5 rings (SSSR count). The van der Waals surface area contributed by atoms with Gasteiger partial charge in [-0.3, -0.25) is 9.59 Å². The number of rotatable bonds is 4. The number of nitrogens with one attached hydrogen (secondary N) is 1.